The molecular formula is C14H19BrN4. The number of pyridine rings is 1. The minimum absolute atomic E-state index is 0.527. The molecule has 1 saturated carbocycles. The van der Waals surface area contributed by atoms with E-state index in [1.54, 1.807) is 0 Å². The van der Waals surface area contributed by atoms with Crippen molar-refractivity contribution in [2.45, 2.75) is 45.1 Å². The van der Waals surface area contributed by atoms with Crippen LogP contribution in [-0.4, -0.2) is 20.6 Å². The van der Waals surface area contributed by atoms with Gasteiger partial charge >= 0.3 is 0 Å². The lowest BCUT2D eigenvalue weighted by Crippen LogP contribution is -2.27. The van der Waals surface area contributed by atoms with Crippen molar-refractivity contribution < 1.29 is 0 Å². The third kappa shape index (κ3) is 2.91. The summed E-state index contributed by atoms with van der Waals surface area (Å²) < 4.78 is 2.83. The minimum Gasteiger partial charge on any atom is -0.350 e. The van der Waals surface area contributed by atoms with E-state index in [-0.39, 0.29) is 0 Å². The Kier molecular flexibility index (Phi) is 3.73. The van der Waals surface area contributed by atoms with E-state index in [9.17, 15) is 0 Å². The Hall–Kier alpha value is -1.10. The molecule has 0 aliphatic heterocycles. The molecule has 19 heavy (non-hydrogen) atoms. The summed E-state index contributed by atoms with van der Waals surface area (Å²) in [4.78, 5) is 4.52. The smallest absolute Gasteiger partial charge is 0.243 e. The minimum atomic E-state index is 0.527. The van der Waals surface area contributed by atoms with E-state index >= 15 is 0 Å². The van der Waals surface area contributed by atoms with Crippen LogP contribution in [0.15, 0.2) is 22.8 Å². The van der Waals surface area contributed by atoms with Crippen molar-refractivity contribution >= 4 is 27.5 Å². The molecule has 0 amide bonds. The summed E-state index contributed by atoms with van der Waals surface area (Å²) in [7, 11) is 0. The predicted molar refractivity (Wildman–Crippen MR) is 80.3 cm³/mol. The number of aromatic nitrogens is 3. The lowest BCUT2D eigenvalue weighted by Gasteiger charge is -2.28. The standard InChI is InChI=1S/C14H19BrN4/c1-2-10-4-3-5-12(8-10)16-14-17-13-7-6-11(15)9-19(13)18-14/h6-7,9-10,12H,2-5,8H2,1H3,(H,16,18). The van der Waals surface area contributed by atoms with Crippen LogP contribution in [-0.2, 0) is 0 Å². The van der Waals surface area contributed by atoms with Gasteiger partial charge in [0, 0.05) is 16.7 Å². The summed E-state index contributed by atoms with van der Waals surface area (Å²) in [5.74, 6) is 1.61. The number of hydrogen-bond donors (Lipinski definition) is 1. The average molecular weight is 323 g/mol. The van der Waals surface area contributed by atoms with Gasteiger partial charge in [-0.2, -0.15) is 4.98 Å². The number of halogens is 1. The third-order valence-corrected chi connectivity index (χ3v) is 4.46. The van der Waals surface area contributed by atoms with Crippen LogP contribution in [0.1, 0.15) is 39.0 Å². The number of fused-ring (bicyclic) bond motifs is 1. The monoisotopic (exact) mass is 322 g/mol. The fourth-order valence-electron chi connectivity index (χ4n) is 2.89. The van der Waals surface area contributed by atoms with E-state index < -0.39 is 0 Å². The molecule has 2 aromatic rings. The molecule has 1 N–H and O–H groups in total. The van der Waals surface area contributed by atoms with Crippen molar-refractivity contribution in [1.29, 1.82) is 0 Å². The van der Waals surface area contributed by atoms with Gasteiger partial charge in [-0.25, -0.2) is 4.52 Å². The SMILES string of the molecule is CCC1CCCC(Nc2nc3ccc(Br)cn3n2)C1. The molecule has 0 spiro atoms. The first-order chi connectivity index (χ1) is 9.24. The van der Waals surface area contributed by atoms with Crippen LogP contribution in [0, 0.1) is 5.92 Å². The Morgan fingerprint density at radius 1 is 1.42 bits per heavy atom. The lowest BCUT2D eigenvalue weighted by atomic mass is 9.84. The highest BCUT2D eigenvalue weighted by atomic mass is 79.9. The van der Waals surface area contributed by atoms with Crippen molar-refractivity contribution in [3.05, 3.63) is 22.8 Å². The number of nitrogens with one attached hydrogen (secondary N) is 1. The van der Waals surface area contributed by atoms with Gasteiger partial charge in [0.15, 0.2) is 5.65 Å². The molecule has 2 heterocycles. The molecule has 0 saturated heterocycles. The molecule has 1 aliphatic rings. The Morgan fingerprint density at radius 2 is 2.32 bits per heavy atom. The Bertz CT molecular complexity index is 566. The molecule has 0 radical (unpaired) electrons. The molecule has 102 valence electrons. The molecule has 2 atom stereocenters. The number of nitrogens with zero attached hydrogens (tertiary/aromatic N) is 3. The summed E-state index contributed by atoms with van der Waals surface area (Å²) in [5.41, 5.74) is 0.883. The summed E-state index contributed by atoms with van der Waals surface area (Å²) in [5, 5.41) is 7.98. The second-order valence-electron chi connectivity index (χ2n) is 5.37. The maximum atomic E-state index is 4.52. The topological polar surface area (TPSA) is 42.2 Å². The maximum Gasteiger partial charge on any atom is 0.243 e. The van der Waals surface area contributed by atoms with Gasteiger partial charge in [-0.05, 0) is 46.8 Å². The van der Waals surface area contributed by atoms with Crippen LogP contribution >= 0.6 is 15.9 Å². The van der Waals surface area contributed by atoms with Crippen molar-refractivity contribution in [3.8, 4) is 0 Å². The van der Waals surface area contributed by atoms with Gasteiger partial charge in [0.1, 0.15) is 0 Å². The number of anilines is 1. The molecule has 1 fully saturated rings. The average Bonchev–Trinajstić information content (AvgIpc) is 2.80. The van der Waals surface area contributed by atoms with Crippen LogP contribution in [0.25, 0.3) is 5.65 Å². The molecular weight excluding hydrogens is 304 g/mol. The molecule has 4 nitrogen and oxygen atoms in total. The highest BCUT2D eigenvalue weighted by Gasteiger charge is 2.21. The van der Waals surface area contributed by atoms with Gasteiger partial charge in [-0.1, -0.05) is 26.2 Å². The highest BCUT2D eigenvalue weighted by molar-refractivity contribution is 9.10. The van der Waals surface area contributed by atoms with E-state index in [0.29, 0.717) is 6.04 Å². The maximum absolute atomic E-state index is 4.52. The van der Waals surface area contributed by atoms with Gasteiger partial charge < -0.3 is 5.32 Å². The summed E-state index contributed by atoms with van der Waals surface area (Å²) >= 11 is 3.45. The second-order valence-corrected chi connectivity index (χ2v) is 6.28. The van der Waals surface area contributed by atoms with Crippen molar-refractivity contribution in [2.75, 3.05) is 5.32 Å². The zero-order valence-corrected chi connectivity index (χ0v) is 12.7. The van der Waals surface area contributed by atoms with Crippen molar-refractivity contribution in [2.24, 2.45) is 5.92 Å². The Balaban J connectivity index is 1.74. The van der Waals surface area contributed by atoms with Crippen LogP contribution in [0.3, 0.4) is 0 Å². The van der Waals surface area contributed by atoms with Crippen molar-refractivity contribution in [1.82, 2.24) is 14.6 Å². The van der Waals surface area contributed by atoms with E-state index in [0.717, 1.165) is 22.0 Å². The predicted octanol–water partition coefficient (Wildman–Crippen LogP) is 3.87. The summed E-state index contributed by atoms with van der Waals surface area (Å²) in [6.07, 6.45) is 8.38. The Morgan fingerprint density at radius 3 is 3.16 bits per heavy atom. The van der Waals surface area contributed by atoms with E-state index in [4.69, 9.17) is 0 Å². The van der Waals surface area contributed by atoms with Crippen LogP contribution in [0.2, 0.25) is 0 Å². The van der Waals surface area contributed by atoms with Crippen LogP contribution in [0.5, 0.6) is 0 Å². The second kappa shape index (κ2) is 5.49. The summed E-state index contributed by atoms with van der Waals surface area (Å²) in [6.45, 7) is 2.29. The van der Waals surface area contributed by atoms with E-state index in [1.807, 2.05) is 22.8 Å². The molecule has 2 aromatic heterocycles. The first kappa shape index (κ1) is 12.9. The first-order valence-corrected chi connectivity index (χ1v) is 7.82. The van der Waals surface area contributed by atoms with Gasteiger partial charge in [-0.3, -0.25) is 0 Å². The largest absolute Gasteiger partial charge is 0.350 e. The third-order valence-electron chi connectivity index (χ3n) is 3.99. The lowest BCUT2D eigenvalue weighted by molar-refractivity contribution is 0.326. The number of hydrogen-bond acceptors (Lipinski definition) is 3. The zero-order valence-electron chi connectivity index (χ0n) is 11.1. The van der Waals surface area contributed by atoms with Gasteiger partial charge in [0.05, 0.1) is 0 Å². The first-order valence-electron chi connectivity index (χ1n) is 7.03. The van der Waals surface area contributed by atoms with Gasteiger partial charge in [0.25, 0.3) is 0 Å². The zero-order chi connectivity index (χ0) is 13.2. The molecule has 3 rings (SSSR count). The fraction of sp³-hybridized carbons (Fsp3) is 0.571. The normalized spacial score (nSPS) is 23.7. The molecule has 0 bridgehead atoms. The van der Waals surface area contributed by atoms with Crippen LogP contribution < -0.4 is 5.32 Å². The van der Waals surface area contributed by atoms with Gasteiger partial charge in [-0.15, -0.1) is 5.10 Å². The Labute approximate surface area is 121 Å². The van der Waals surface area contributed by atoms with Crippen molar-refractivity contribution in [3.63, 3.8) is 0 Å². The highest BCUT2D eigenvalue weighted by Crippen LogP contribution is 2.28. The van der Waals surface area contributed by atoms with E-state index in [1.165, 1.54) is 32.1 Å². The van der Waals surface area contributed by atoms with E-state index in [2.05, 4.69) is 38.3 Å². The molecule has 1 aliphatic carbocycles. The summed E-state index contributed by atoms with van der Waals surface area (Å²) in [6, 6.07) is 4.49. The number of rotatable bonds is 3. The molecule has 2 unspecified atom stereocenters. The molecule has 5 heteroatoms. The quantitative estimate of drug-likeness (QED) is 0.932. The van der Waals surface area contributed by atoms with Crippen LogP contribution in [0.4, 0.5) is 5.95 Å². The molecule has 0 aromatic carbocycles. The van der Waals surface area contributed by atoms with Gasteiger partial charge in [0.2, 0.25) is 5.95 Å². The fourth-order valence-corrected chi connectivity index (χ4v) is 3.22.